The van der Waals surface area contributed by atoms with Gasteiger partial charge in [-0.25, -0.2) is 19.2 Å². The highest BCUT2D eigenvalue weighted by molar-refractivity contribution is 6.10. The number of carbonyl (C=O) groups is 4. The lowest BCUT2D eigenvalue weighted by Crippen LogP contribution is -2.19. The number of hydrogen-bond donors (Lipinski definition) is 0. The fourth-order valence-corrected chi connectivity index (χ4v) is 0.941. The maximum absolute atomic E-state index is 11.5. The minimum Gasteiger partial charge on any atom is -0.465 e. The lowest BCUT2D eigenvalue weighted by Gasteiger charge is -2.07. The molecule has 0 spiro atoms. The van der Waals surface area contributed by atoms with Crippen molar-refractivity contribution in [3.05, 3.63) is 23.3 Å². The van der Waals surface area contributed by atoms with Crippen LogP contribution in [0.15, 0.2) is 11.1 Å². The Kier molecular flexibility index (Phi) is 7.34. The molecular weight excluding hydrogens is 272 g/mol. The molecule has 0 aliphatic carbocycles. The van der Waals surface area contributed by atoms with Gasteiger partial charge in [-0.3, -0.25) is 0 Å². The standard InChI is InChI=1S/C12H12O8/c1-17-9(13)5-7(11(15)19-3)8(12(16)20-4)6-10(14)18-2/h1-4H3. The van der Waals surface area contributed by atoms with Crippen LogP contribution < -0.4 is 0 Å². The Morgan fingerprint density at radius 2 is 0.900 bits per heavy atom. The fraction of sp³-hybridized carbons (Fsp3) is 0.333. The SMILES string of the molecule is COC(=O)[C]=C(C(=O)OC)C(=[C]C(=O)OC)C(=O)OC. The van der Waals surface area contributed by atoms with E-state index in [9.17, 15) is 19.2 Å². The van der Waals surface area contributed by atoms with Crippen molar-refractivity contribution in [1.82, 2.24) is 0 Å². The number of ether oxygens (including phenoxy) is 4. The summed E-state index contributed by atoms with van der Waals surface area (Å²) < 4.78 is 17.3. The Morgan fingerprint density at radius 3 is 1.10 bits per heavy atom. The third-order valence-electron chi connectivity index (χ3n) is 1.85. The molecule has 20 heavy (non-hydrogen) atoms. The van der Waals surface area contributed by atoms with Crippen LogP contribution in [0.4, 0.5) is 0 Å². The van der Waals surface area contributed by atoms with Gasteiger partial charge in [0.2, 0.25) is 0 Å². The molecule has 0 heterocycles. The zero-order valence-corrected chi connectivity index (χ0v) is 11.3. The molecule has 0 N–H and O–H groups in total. The van der Waals surface area contributed by atoms with Crippen LogP contribution in [0, 0.1) is 12.2 Å². The summed E-state index contributed by atoms with van der Waals surface area (Å²) in [4.78, 5) is 45.4. The van der Waals surface area contributed by atoms with E-state index in [-0.39, 0.29) is 0 Å². The Bertz CT molecular complexity index is 428. The summed E-state index contributed by atoms with van der Waals surface area (Å²) in [5.74, 6) is -4.32. The van der Waals surface area contributed by atoms with E-state index in [1.807, 2.05) is 12.2 Å². The van der Waals surface area contributed by atoms with Gasteiger partial charge in [0.05, 0.1) is 51.7 Å². The molecule has 0 fully saturated rings. The molecule has 0 aromatic carbocycles. The lowest BCUT2D eigenvalue weighted by molar-refractivity contribution is -0.141. The quantitative estimate of drug-likeness (QED) is 0.278. The first-order valence-electron chi connectivity index (χ1n) is 5.02. The molecule has 0 saturated carbocycles. The van der Waals surface area contributed by atoms with Gasteiger partial charge in [-0.1, -0.05) is 0 Å². The first-order valence-corrected chi connectivity index (χ1v) is 5.02. The van der Waals surface area contributed by atoms with Crippen LogP contribution in [0.3, 0.4) is 0 Å². The molecule has 0 aromatic rings. The molecule has 108 valence electrons. The summed E-state index contributed by atoms with van der Waals surface area (Å²) in [6, 6.07) is 0. The van der Waals surface area contributed by atoms with E-state index < -0.39 is 35.0 Å². The summed E-state index contributed by atoms with van der Waals surface area (Å²) in [6.45, 7) is 0. The number of rotatable bonds is 5. The molecule has 0 bridgehead atoms. The van der Waals surface area contributed by atoms with Gasteiger partial charge in [0.25, 0.3) is 0 Å². The van der Waals surface area contributed by atoms with E-state index in [0.29, 0.717) is 0 Å². The highest BCUT2D eigenvalue weighted by Crippen LogP contribution is 2.13. The van der Waals surface area contributed by atoms with Gasteiger partial charge in [-0.05, 0) is 0 Å². The first kappa shape index (κ1) is 17.4. The molecule has 0 rings (SSSR count). The predicted molar refractivity (Wildman–Crippen MR) is 61.6 cm³/mol. The van der Waals surface area contributed by atoms with E-state index in [4.69, 9.17) is 0 Å². The average Bonchev–Trinajstić information content (AvgIpc) is 2.48. The zero-order valence-electron chi connectivity index (χ0n) is 11.3. The zero-order chi connectivity index (χ0) is 15.7. The van der Waals surface area contributed by atoms with Crippen LogP contribution in [-0.2, 0) is 38.1 Å². The van der Waals surface area contributed by atoms with Gasteiger partial charge in [0.1, 0.15) is 0 Å². The Hall–Kier alpha value is -2.64. The van der Waals surface area contributed by atoms with E-state index >= 15 is 0 Å². The Balaban J connectivity index is 5.89. The number of carbonyl (C=O) groups excluding carboxylic acids is 4. The van der Waals surface area contributed by atoms with Gasteiger partial charge in [-0.15, -0.1) is 0 Å². The summed E-state index contributed by atoms with van der Waals surface area (Å²) in [5, 5.41) is 0. The average molecular weight is 284 g/mol. The van der Waals surface area contributed by atoms with E-state index in [1.165, 1.54) is 0 Å². The van der Waals surface area contributed by atoms with Gasteiger partial charge in [0.15, 0.2) is 0 Å². The number of methoxy groups -OCH3 is 4. The van der Waals surface area contributed by atoms with Crippen LogP contribution in [0.1, 0.15) is 0 Å². The van der Waals surface area contributed by atoms with E-state index in [0.717, 1.165) is 28.4 Å². The van der Waals surface area contributed by atoms with Crippen molar-refractivity contribution in [3.8, 4) is 0 Å². The molecule has 0 aliphatic heterocycles. The van der Waals surface area contributed by atoms with Gasteiger partial charge >= 0.3 is 23.9 Å². The lowest BCUT2D eigenvalue weighted by atomic mass is 10.1. The molecule has 8 nitrogen and oxygen atoms in total. The monoisotopic (exact) mass is 284 g/mol. The summed E-state index contributed by atoms with van der Waals surface area (Å²) in [5.41, 5.74) is -1.34. The molecule has 0 unspecified atom stereocenters. The van der Waals surface area contributed by atoms with Gasteiger partial charge in [-0.2, -0.15) is 0 Å². The number of hydrogen-bond acceptors (Lipinski definition) is 8. The maximum atomic E-state index is 11.5. The second-order valence-electron chi connectivity index (χ2n) is 2.97. The van der Waals surface area contributed by atoms with Crippen LogP contribution in [0.2, 0.25) is 0 Å². The normalized spacial score (nSPS) is 11.4. The van der Waals surface area contributed by atoms with Crippen LogP contribution in [-0.4, -0.2) is 52.3 Å². The minimum atomic E-state index is -1.10. The van der Waals surface area contributed by atoms with E-state index in [2.05, 4.69) is 18.9 Å². The Morgan fingerprint density at radius 1 is 0.600 bits per heavy atom. The molecule has 0 amide bonds. The molecule has 0 atom stereocenters. The van der Waals surface area contributed by atoms with Gasteiger partial charge < -0.3 is 18.9 Å². The van der Waals surface area contributed by atoms with Crippen molar-refractivity contribution in [2.45, 2.75) is 0 Å². The van der Waals surface area contributed by atoms with Crippen molar-refractivity contribution in [2.75, 3.05) is 28.4 Å². The second-order valence-corrected chi connectivity index (χ2v) is 2.97. The van der Waals surface area contributed by atoms with Crippen LogP contribution in [0.25, 0.3) is 0 Å². The van der Waals surface area contributed by atoms with Crippen molar-refractivity contribution in [1.29, 1.82) is 0 Å². The molecule has 8 heteroatoms. The van der Waals surface area contributed by atoms with Crippen LogP contribution >= 0.6 is 0 Å². The maximum Gasteiger partial charge on any atom is 0.339 e. The van der Waals surface area contributed by atoms with Crippen molar-refractivity contribution >= 4 is 23.9 Å². The largest absolute Gasteiger partial charge is 0.465 e. The Labute approximate surface area is 114 Å². The van der Waals surface area contributed by atoms with Crippen molar-refractivity contribution in [2.24, 2.45) is 0 Å². The molecule has 0 aliphatic rings. The van der Waals surface area contributed by atoms with Crippen molar-refractivity contribution < 1.29 is 38.1 Å². The first-order chi connectivity index (χ1) is 9.40. The topological polar surface area (TPSA) is 105 Å². The van der Waals surface area contributed by atoms with E-state index in [1.54, 1.807) is 0 Å². The van der Waals surface area contributed by atoms with Crippen LogP contribution in [0.5, 0.6) is 0 Å². The highest BCUT2D eigenvalue weighted by Gasteiger charge is 2.26. The summed E-state index contributed by atoms with van der Waals surface area (Å²) in [7, 11) is 4.09. The predicted octanol–water partition coefficient (Wildman–Crippen LogP) is -0.862. The third kappa shape index (κ3) is 4.92. The number of esters is 4. The molecule has 0 aromatic heterocycles. The highest BCUT2D eigenvalue weighted by atomic mass is 16.5. The van der Waals surface area contributed by atoms with Crippen molar-refractivity contribution in [3.63, 3.8) is 0 Å². The van der Waals surface area contributed by atoms with Gasteiger partial charge in [0, 0.05) is 0 Å². The minimum absolute atomic E-state index is 0.670. The summed E-state index contributed by atoms with van der Waals surface area (Å²) in [6.07, 6.45) is 3.87. The molecular formula is C12H12O8. The molecule has 2 radical (unpaired) electrons. The fourth-order valence-electron chi connectivity index (χ4n) is 0.941. The summed E-state index contributed by atoms with van der Waals surface area (Å²) >= 11 is 0. The second kappa shape index (κ2) is 8.46. The smallest absolute Gasteiger partial charge is 0.339 e. The molecule has 0 saturated heterocycles. The third-order valence-corrected chi connectivity index (χ3v) is 1.85.